The van der Waals surface area contributed by atoms with E-state index < -0.39 is 17.8 Å². The van der Waals surface area contributed by atoms with Gasteiger partial charge in [-0.15, -0.1) is 0 Å². The predicted molar refractivity (Wildman–Crippen MR) is 62.1 cm³/mol. The van der Waals surface area contributed by atoms with Gasteiger partial charge in [0.1, 0.15) is 0 Å². The minimum Gasteiger partial charge on any atom is -0.388 e. The molecule has 0 saturated heterocycles. The molecule has 0 heterocycles. The summed E-state index contributed by atoms with van der Waals surface area (Å²) in [7, 11) is 1.57. The molecule has 5 heteroatoms. The minimum atomic E-state index is -4.34. The van der Waals surface area contributed by atoms with Gasteiger partial charge in [-0.3, -0.25) is 0 Å². The number of hydrogen-bond acceptors (Lipinski definition) is 2. The number of rotatable bonds is 5. The Morgan fingerprint density at radius 1 is 1.22 bits per heavy atom. The van der Waals surface area contributed by atoms with Crippen molar-refractivity contribution in [3.8, 4) is 0 Å². The van der Waals surface area contributed by atoms with Crippen molar-refractivity contribution in [2.45, 2.75) is 25.6 Å². The van der Waals surface area contributed by atoms with Crippen LogP contribution in [0.4, 0.5) is 13.2 Å². The van der Waals surface area contributed by atoms with E-state index in [-0.39, 0.29) is 5.92 Å². The third-order valence-electron chi connectivity index (χ3n) is 2.70. The van der Waals surface area contributed by atoms with Gasteiger partial charge >= 0.3 is 6.18 Å². The smallest absolute Gasteiger partial charge is 0.388 e. The third-order valence-corrected chi connectivity index (χ3v) is 2.70. The number of aliphatic hydroxyl groups is 1. The Balaban J connectivity index is 2.67. The summed E-state index contributed by atoms with van der Waals surface area (Å²) in [6.45, 7) is 2.43. The summed E-state index contributed by atoms with van der Waals surface area (Å²) >= 11 is 0. The molecule has 1 rings (SSSR count). The Hall–Kier alpha value is -1.07. The summed E-state index contributed by atoms with van der Waals surface area (Å²) in [5.74, 6) is 0.146. The van der Waals surface area contributed by atoms with Crippen molar-refractivity contribution in [1.82, 2.24) is 0 Å². The molecule has 0 aromatic heterocycles. The van der Waals surface area contributed by atoms with Crippen LogP contribution in [0.5, 0.6) is 0 Å². The van der Waals surface area contributed by atoms with Gasteiger partial charge in [0.15, 0.2) is 0 Å². The molecule has 0 saturated carbocycles. The minimum absolute atomic E-state index is 0.146. The van der Waals surface area contributed by atoms with Crippen molar-refractivity contribution >= 4 is 0 Å². The standard InChI is InChI=1S/C13H17F3O2/c1-9(8-18-2)7-12(17)10-3-5-11(6-4-10)13(14,15)16/h3-6,9,12,17H,7-8H2,1-2H3. The fraction of sp³-hybridized carbons (Fsp3) is 0.538. The van der Waals surface area contributed by atoms with Crippen LogP contribution in [0.2, 0.25) is 0 Å². The first-order chi connectivity index (χ1) is 8.34. The van der Waals surface area contributed by atoms with Gasteiger partial charge in [0, 0.05) is 13.7 Å². The number of aliphatic hydroxyl groups excluding tert-OH is 1. The summed E-state index contributed by atoms with van der Waals surface area (Å²) < 4.78 is 42.0. The normalized spacial score (nSPS) is 15.4. The molecule has 1 N–H and O–H groups in total. The molecule has 2 nitrogen and oxygen atoms in total. The van der Waals surface area contributed by atoms with Crippen LogP contribution in [-0.4, -0.2) is 18.8 Å². The van der Waals surface area contributed by atoms with Crippen molar-refractivity contribution in [2.75, 3.05) is 13.7 Å². The first-order valence-electron chi connectivity index (χ1n) is 5.68. The lowest BCUT2D eigenvalue weighted by molar-refractivity contribution is -0.137. The highest BCUT2D eigenvalue weighted by Gasteiger charge is 2.30. The lowest BCUT2D eigenvalue weighted by atomic mass is 9.98. The van der Waals surface area contributed by atoms with Gasteiger partial charge in [0.05, 0.1) is 11.7 Å². The SMILES string of the molecule is COCC(C)CC(O)c1ccc(C(F)(F)F)cc1. The molecule has 0 radical (unpaired) electrons. The maximum absolute atomic E-state index is 12.4. The lowest BCUT2D eigenvalue weighted by Gasteiger charge is -2.16. The molecule has 0 fully saturated rings. The average Bonchev–Trinajstić information content (AvgIpc) is 2.28. The van der Waals surface area contributed by atoms with Crippen LogP contribution in [0.15, 0.2) is 24.3 Å². The van der Waals surface area contributed by atoms with E-state index in [1.54, 1.807) is 7.11 Å². The number of alkyl halides is 3. The van der Waals surface area contributed by atoms with Crippen molar-refractivity contribution in [3.63, 3.8) is 0 Å². The summed E-state index contributed by atoms with van der Waals surface area (Å²) in [4.78, 5) is 0. The summed E-state index contributed by atoms with van der Waals surface area (Å²) in [6.07, 6.45) is -4.65. The van der Waals surface area contributed by atoms with Crippen molar-refractivity contribution in [1.29, 1.82) is 0 Å². The van der Waals surface area contributed by atoms with Crippen LogP contribution in [-0.2, 0) is 10.9 Å². The molecule has 0 aliphatic heterocycles. The third kappa shape index (κ3) is 4.31. The fourth-order valence-electron chi connectivity index (χ4n) is 1.76. The molecule has 102 valence electrons. The van der Waals surface area contributed by atoms with Crippen LogP contribution >= 0.6 is 0 Å². The molecular formula is C13H17F3O2. The molecule has 2 unspecified atom stereocenters. The van der Waals surface area contributed by atoms with Crippen LogP contribution in [0, 0.1) is 5.92 Å². The van der Waals surface area contributed by atoms with Crippen molar-refractivity contribution in [3.05, 3.63) is 35.4 Å². The van der Waals surface area contributed by atoms with Gasteiger partial charge in [0.25, 0.3) is 0 Å². The van der Waals surface area contributed by atoms with Crippen LogP contribution in [0.3, 0.4) is 0 Å². The quantitative estimate of drug-likeness (QED) is 0.881. The Bertz CT molecular complexity index is 359. The van der Waals surface area contributed by atoms with Gasteiger partial charge < -0.3 is 9.84 Å². The van der Waals surface area contributed by atoms with E-state index in [0.717, 1.165) is 12.1 Å². The van der Waals surface area contributed by atoms with E-state index in [0.29, 0.717) is 18.6 Å². The van der Waals surface area contributed by atoms with Gasteiger partial charge in [-0.05, 0) is 30.0 Å². The second-order valence-electron chi connectivity index (χ2n) is 4.43. The summed E-state index contributed by atoms with van der Waals surface area (Å²) in [5.41, 5.74) is -0.214. The molecule has 0 aliphatic carbocycles. The zero-order chi connectivity index (χ0) is 13.8. The number of benzene rings is 1. The first kappa shape index (κ1) is 15.0. The zero-order valence-electron chi connectivity index (χ0n) is 10.4. The summed E-state index contributed by atoms with van der Waals surface area (Å²) in [6, 6.07) is 4.60. The lowest BCUT2D eigenvalue weighted by Crippen LogP contribution is -2.10. The van der Waals surface area contributed by atoms with Crippen LogP contribution in [0.25, 0.3) is 0 Å². The zero-order valence-corrected chi connectivity index (χ0v) is 10.4. The van der Waals surface area contributed by atoms with Gasteiger partial charge in [-0.1, -0.05) is 19.1 Å². The van der Waals surface area contributed by atoms with Gasteiger partial charge in [-0.2, -0.15) is 13.2 Å². The fourth-order valence-corrected chi connectivity index (χ4v) is 1.76. The van der Waals surface area contributed by atoms with Gasteiger partial charge in [0.2, 0.25) is 0 Å². The second kappa shape index (κ2) is 6.20. The molecule has 1 aromatic carbocycles. The average molecular weight is 262 g/mol. The highest BCUT2D eigenvalue weighted by molar-refractivity contribution is 5.26. The first-order valence-corrected chi connectivity index (χ1v) is 5.68. The molecule has 0 bridgehead atoms. The van der Waals surface area contributed by atoms with Crippen LogP contribution < -0.4 is 0 Å². The van der Waals surface area contributed by atoms with E-state index in [2.05, 4.69) is 0 Å². The highest BCUT2D eigenvalue weighted by atomic mass is 19.4. The monoisotopic (exact) mass is 262 g/mol. The predicted octanol–water partition coefficient (Wildman–Crippen LogP) is 3.41. The van der Waals surface area contributed by atoms with E-state index in [9.17, 15) is 18.3 Å². The number of methoxy groups -OCH3 is 1. The van der Waals surface area contributed by atoms with E-state index in [1.807, 2.05) is 6.92 Å². The highest BCUT2D eigenvalue weighted by Crippen LogP contribution is 2.30. The Morgan fingerprint density at radius 3 is 2.22 bits per heavy atom. The van der Waals surface area contributed by atoms with E-state index >= 15 is 0 Å². The number of halogens is 3. The topological polar surface area (TPSA) is 29.5 Å². The second-order valence-corrected chi connectivity index (χ2v) is 4.43. The van der Waals surface area contributed by atoms with Crippen molar-refractivity contribution in [2.24, 2.45) is 5.92 Å². The van der Waals surface area contributed by atoms with Crippen molar-refractivity contribution < 1.29 is 23.0 Å². The molecule has 18 heavy (non-hydrogen) atoms. The molecule has 0 amide bonds. The number of hydrogen-bond donors (Lipinski definition) is 1. The number of ether oxygens (including phenoxy) is 1. The van der Waals surface area contributed by atoms with Crippen LogP contribution in [0.1, 0.15) is 30.6 Å². The maximum atomic E-state index is 12.4. The van der Waals surface area contributed by atoms with Gasteiger partial charge in [-0.25, -0.2) is 0 Å². The van der Waals surface area contributed by atoms with E-state index in [1.165, 1.54) is 12.1 Å². The molecule has 0 spiro atoms. The van der Waals surface area contributed by atoms with E-state index in [4.69, 9.17) is 4.74 Å². The molecule has 0 aliphatic rings. The molecule has 1 aromatic rings. The summed E-state index contributed by atoms with van der Waals surface area (Å²) in [5, 5.41) is 9.87. The maximum Gasteiger partial charge on any atom is 0.416 e. The Morgan fingerprint density at radius 2 is 1.78 bits per heavy atom. The molecule has 2 atom stereocenters. The molecular weight excluding hydrogens is 245 g/mol. The largest absolute Gasteiger partial charge is 0.416 e. The Kier molecular flexibility index (Phi) is 5.16. The Labute approximate surface area is 104 Å².